The molecule has 0 spiro atoms. The Morgan fingerprint density at radius 1 is 1.67 bits per heavy atom. The van der Waals surface area contributed by atoms with Crippen molar-refractivity contribution in [2.75, 3.05) is 6.54 Å². The minimum atomic E-state index is -0.340. The Bertz CT molecular complexity index is 366. The maximum Gasteiger partial charge on any atom is 0.252 e. The number of rotatable bonds is 3. The lowest BCUT2D eigenvalue weighted by Gasteiger charge is -2.08. The number of nitrogens with one attached hydrogen (secondary N) is 1. The molecule has 1 atom stereocenters. The molecule has 1 aromatic carbocycles. The summed E-state index contributed by atoms with van der Waals surface area (Å²) >= 11 is 5.80. The van der Waals surface area contributed by atoms with Crippen LogP contribution in [0.4, 0.5) is 0 Å². The van der Waals surface area contributed by atoms with Crippen LogP contribution in [0.5, 0.6) is 5.75 Å². The van der Waals surface area contributed by atoms with E-state index in [0.717, 1.165) is 0 Å². The van der Waals surface area contributed by atoms with Gasteiger partial charge in [-0.1, -0.05) is 11.6 Å². The monoisotopic (exact) mass is 228 g/mol. The van der Waals surface area contributed by atoms with E-state index < -0.39 is 0 Å². The predicted molar refractivity (Wildman–Crippen MR) is 59.1 cm³/mol. The molecule has 0 aliphatic rings. The maximum absolute atomic E-state index is 11.6. The molecule has 0 aromatic heterocycles. The summed E-state index contributed by atoms with van der Waals surface area (Å²) in [6, 6.07) is 4.09. The Labute approximate surface area is 93.0 Å². The first-order chi connectivity index (χ1) is 7.00. The van der Waals surface area contributed by atoms with Gasteiger partial charge >= 0.3 is 0 Å². The predicted octanol–water partition coefficient (Wildman–Crippen LogP) is 1.12. The van der Waals surface area contributed by atoms with Crippen LogP contribution in [0.1, 0.15) is 17.3 Å². The van der Waals surface area contributed by atoms with Crippen LogP contribution in [0.15, 0.2) is 18.2 Å². The van der Waals surface area contributed by atoms with Crippen LogP contribution in [0.25, 0.3) is 0 Å². The van der Waals surface area contributed by atoms with Crippen LogP contribution in [0.2, 0.25) is 5.02 Å². The Hall–Kier alpha value is -1.26. The Kier molecular flexibility index (Phi) is 3.94. The third-order valence-electron chi connectivity index (χ3n) is 1.78. The van der Waals surface area contributed by atoms with Crippen molar-refractivity contribution in [3.63, 3.8) is 0 Å². The first-order valence-electron chi connectivity index (χ1n) is 4.53. The lowest BCUT2D eigenvalue weighted by molar-refractivity contribution is 0.0951. The van der Waals surface area contributed by atoms with Crippen LogP contribution in [-0.4, -0.2) is 23.6 Å². The highest BCUT2D eigenvalue weighted by molar-refractivity contribution is 6.33. The molecule has 0 heterocycles. The van der Waals surface area contributed by atoms with Crippen molar-refractivity contribution in [1.29, 1.82) is 0 Å². The Balaban J connectivity index is 2.77. The second-order valence-corrected chi connectivity index (χ2v) is 3.76. The quantitative estimate of drug-likeness (QED) is 0.726. The number of hydrogen-bond donors (Lipinski definition) is 3. The number of hydrogen-bond acceptors (Lipinski definition) is 3. The number of amides is 1. The van der Waals surface area contributed by atoms with Crippen molar-refractivity contribution in [3.05, 3.63) is 28.8 Å². The van der Waals surface area contributed by atoms with Gasteiger partial charge in [-0.15, -0.1) is 0 Å². The molecule has 0 fully saturated rings. The molecule has 4 N–H and O–H groups in total. The Morgan fingerprint density at radius 2 is 2.33 bits per heavy atom. The summed E-state index contributed by atoms with van der Waals surface area (Å²) in [7, 11) is 0. The summed E-state index contributed by atoms with van der Waals surface area (Å²) in [5.74, 6) is -0.335. The molecular weight excluding hydrogens is 216 g/mol. The third kappa shape index (κ3) is 3.42. The number of carbonyl (C=O) groups is 1. The summed E-state index contributed by atoms with van der Waals surface area (Å²) in [6.07, 6.45) is 0. The maximum atomic E-state index is 11.6. The summed E-state index contributed by atoms with van der Waals surface area (Å²) < 4.78 is 0. The molecule has 4 nitrogen and oxygen atoms in total. The largest absolute Gasteiger partial charge is 0.508 e. The lowest BCUT2D eigenvalue weighted by atomic mass is 10.2. The molecule has 1 amide bonds. The van der Waals surface area contributed by atoms with Gasteiger partial charge in [-0.3, -0.25) is 4.79 Å². The van der Waals surface area contributed by atoms with Crippen LogP contribution in [0.3, 0.4) is 0 Å². The SMILES string of the molecule is CC(N)CNC(=O)c1cc(O)ccc1Cl. The molecule has 0 saturated carbocycles. The van der Waals surface area contributed by atoms with Crippen LogP contribution in [-0.2, 0) is 0 Å². The number of phenolic OH excluding ortho intramolecular Hbond substituents is 1. The molecule has 0 bridgehead atoms. The molecule has 82 valence electrons. The fourth-order valence-corrected chi connectivity index (χ4v) is 1.24. The molecule has 0 aliphatic carbocycles. The summed E-state index contributed by atoms with van der Waals surface area (Å²) in [5.41, 5.74) is 5.74. The van der Waals surface area contributed by atoms with E-state index in [9.17, 15) is 9.90 Å². The van der Waals surface area contributed by atoms with Crippen molar-refractivity contribution in [1.82, 2.24) is 5.32 Å². The highest BCUT2D eigenvalue weighted by atomic mass is 35.5. The molecule has 1 aromatic rings. The fourth-order valence-electron chi connectivity index (χ4n) is 1.04. The van der Waals surface area contributed by atoms with Gasteiger partial charge in [0.25, 0.3) is 5.91 Å². The van der Waals surface area contributed by atoms with Crippen LogP contribution >= 0.6 is 11.6 Å². The topological polar surface area (TPSA) is 75.3 Å². The minimum absolute atomic E-state index is 0.00495. The van der Waals surface area contributed by atoms with E-state index in [-0.39, 0.29) is 23.3 Å². The summed E-state index contributed by atoms with van der Waals surface area (Å²) in [4.78, 5) is 11.6. The van der Waals surface area contributed by atoms with Gasteiger partial charge in [-0.05, 0) is 25.1 Å². The zero-order valence-electron chi connectivity index (χ0n) is 8.33. The van der Waals surface area contributed by atoms with Crippen LogP contribution in [0, 0.1) is 0 Å². The van der Waals surface area contributed by atoms with Crippen molar-refractivity contribution >= 4 is 17.5 Å². The minimum Gasteiger partial charge on any atom is -0.508 e. The first kappa shape index (κ1) is 11.8. The number of phenols is 1. The smallest absolute Gasteiger partial charge is 0.252 e. The molecule has 5 heteroatoms. The van der Waals surface area contributed by atoms with Crippen molar-refractivity contribution in [2.24, 2.45) is 5.73 Å². The van der Waals surface area contributed by atoms with Gasteiger partial charge < -0.3 is 16.2 Å². The van der Waals surface area contributed by atoms with Crippen molar-refractivity contribution in [2.45, 2.75) is 13.0 Å². The average Bonchev–Trinajstić information content (AvgIpc) is 2.18. The van der Waals surface area contributed by atoms with Crippen LogP contribution < -0.4 is 11.1 Å². The van der Waals surface area contributed by atoms with Crippen molar-refractivity contribution < 1.29 is 9.90 Å². The molecule has 0 saturated heterocycles. The van der Waals surface area contributed by atoms with Gasteiger partial charge in [0.2, 0.25) is 0 Å². The van der Waals surface area contributed by atoms with E-state index in [4.69, 9.17) is 17.3 Å². The van der Waals surface area contributed by atoms with E-state index in [1.165, 1.54) is 18.2 Å². The van der Waals surface area contributed by atoms with E-state index in [0.29, 0.717) is 11.6 Å². The standard InChI is InChI=1S/C10H13ClN2O2/c1-6(12)5-13-10(15)8-4-7(14)2-3-9(8)11/h2-4,6,14H,5,12H2,1H3,(H,13,15). The molecular formula is C10H13ClN2O2. The van der Waals surface area contributed by atoms with E-state index in [1.54, 1.807) is 6.92 Å². The third-order valence-corrected chi connectivity index (χ3v) is 2.11. The zero-order valence-corrected chi connectivity index (χ0v) is 9.08. The van der Waals surface area contributed by atoms with E-state index >= 15 is 0 Å². The Morgan fingerprint density at radius 3 is 2.93 bits per heavy atom. The second-order valence-electron chi connectivity index (χ2n) is 3.35. The number of benzene rings is 1. The number of halogens is 1. The fraction of sp³-hybridized carbons (Fsp3) is 0.300. The van der Waals surface area contributed by atoms with Gasteiger partial charge in [0.05, 0.1) is 10.6 Å². The molecule has 1 rings (SSSR count). The molecule has 1 unspecified atom stereocenters. The van der Waals surface area contributed by atoms with Gasteiger partial charge in [-0.2, -0.15) is 0 Å². The number of carbonyl (C=O) groups excluding carboxylic acids is 1. The molecule has 0 radical (unpaired) electrons. The van der Waals surface area contributed by atoms with Gasteiger partial charge in [0.15, 0.2) is 0 Å². The summed E-state index contributed by atoms with van der Waals surface area (Å²) in [5, 5.41) is 12.1. The van der Waals surface area contributed by atoms with Gasteiger partial charge in [0, 0.05) is 12.6 Å². The molecule has 15 heavy (non-hydrogen) atoms. The highest BCUT2D eigenvalue weighted by Gasteiger charge is 2.10. The second kappa shape index (κ2) is 5.00. The van der Waals surface area contributed by atoms with E-state index in [2.05, 4.69) is 5.32 Å². The van der Waals surface area contributed by atoms with Gasteiger partial charge in [-0.25, -0.2) is 0 Å². The first-order valence-corrected chi connectivity index (χ1v) is 4.91. The van der Waals surface area contributed by atoms with Gasteiger partial charge in [0.1, 0.15) is 5.75 Å². The zero-order chi connectivity index (χ0) is 11.4. The van der Waals surface area contributed by atoms with E-state index in [1.807, 2.05) is 0 Å². The molecule has 0 aliphatic heterocycles. The number of aromatic hydroxyl groups is 1. The average molecular weight is 229 g/mol. The number of nitrogens with two attached hydrogens (primary N) is 1. The van der Waals surface area contributed by atoms with Crippen molar-refractivity contribution in [3.8, 4) is 5.75 Å². The highest BCUT2D eigenvalue weighted by Crippen LogP contribution is 2.20. The lowest BCUT2D eigenvalue weighted by Crippen LogP contribution is -2.35. The summed E-state index contributed by atoms with van der Waals surface area (Å²) in [6.45, 7) is 2.15. The normalized spacial score (nSPS) is 12.2.